The molecule has 3 heteroatoms. The molecule has 1 aliphatic heterocycles. The fourth-order valence-corrected chi connectivity index (χ4v) is 2.23. The molecule has 2 aromatic carbocycles. The molecule has 0 amide bonds. The van der Waals surface area contributed by atoms with Crippen LogP contribution in [-0.2, 0) is 6.42 Å². The Bertz CT molecular complexity index is 549. The Labute approximate surface area is 98.1 Å². The third kappa shape index (κ3) is 1.88. The smallest absolute Gasteiger partial charge is 0.123 e. The van der Waals surface area contributed by atoms with Crippen molar-refractivity contribution in [2.75, 3.05) is 5.32 Å². The Morgan fingerprint density at radius 1 is 0.941 bits per heavy atom. The molecule has 0 spiro atoms. The number of nitrogens with one attached hydrogen (secondary N) is 1. The molecule has 3 rings (SSSR count). The van der Waals surface area contributed by atoms with Gasteiger partial charge in [-0.1, -0.05) is 12.1 Å². The quantitative estimate of drug-likeness (QED) is 0.789. The molecule has 0 unspecified atom stereocenters. The van der Waals surface area contributed by atoms with Crippen LogP contribution in [0, 0.1) is 11.6 Å². The summed E-state index contributed by atoms with van der Waals surface area (Å²) in [6.45, 7) is 0. The summed E-state index contributed by atoms with van der Waals surface area (Å²) in [4.78, 5) is 0. The van der Waals surface area contributed by atoms with Gasteiger partial charge in [-0.2, -0.15) is 0 Å². The summed E-state index contributed by atoms with van der Waals surface area (Å²) < 4.78 is 25.9. The van der Waals surface area contributed by atoms with E-state index in [9.17, 15) is 8.78 Å². The molecule has 0 saturated carbocycles. The zero-order valence-electron chi connectivity index (χ0n) is 9.08. The summed E-state index contributed by atoms with van der Waals surface area (Å²) in [5.74, 6) is -0.458. The van der Waals surface area contributed by atoms with Crippen LogP contribution in [-0.4, -0.2) is 0 Å². The Hall–Kier alpha value is -1.90. The van der Waals surface area contributed by atoms with Gasteiger partial charge < -0.3 is 5.32 Å². The van der Waals surface area contributed by atoms with E-state index in [2.05, 4.69) is 5.32 Å². The van der Waals surface area contributed by atoms with E-state index in [0.29, 0.717) is 0 Å². The van der Waals surface area contributed by atoms with Crippen molar-refractivity contribution in [1.82, 2.24) is 0 Å². The van der Waals surface area contributed by atoms with Crippen LogP contribution in [0.25, 0.3) is 0 Å². The first-order valence-corrected chi connectivity index (χ1v) is 5.53. The second-order valence-corrected chi connectivity index (χ2v) is 4.25. The highest BCUT2D eigenvalue weighted by atomic mass is 19.1. The molecule has 86 valence electrons. The first-order valence-electron chi connectivity index (χ1n) is 5.53. The molecular formula is C14H11F2N. The maximum absolute atomic E-state index is 13.1. The van der Waals surface area contributed by atoms with Crippen molar-refractivity contribution in [1.29, 1.82) is 0 Å². The normalized spacial score (nSPS) is 17.6. The van der Waals surface area contributed by atoms with Gasteiger partial charge in [-0.15, -0.1) is 0 Å². The molecule has 0 aromatic heterocycles. The maximum Gasteiger partial charge on any atom is 0.123 e. The Kier molecular flexibility index (Phi) is 2.32. The van der Waals surface area contributed by atoms with Crippen LogP contribution in [0.5, 0.6) is 0 Å². The van der Waals surface area contributed by atoms with E-state index in [1.807, 2.05) is 0 Å². The van der Waals surface area contributed by atoms with Crippen LogP contribution in [0.2, 0.25) is 0 Å². The third-order valence-electron chi connectivity index (χ3n) is 3.09. The average molecular weight is 231 g/mol. The van der Waals surface area contributed by atoms with Gasteiger partial charge in [-0.05, 0) is 47.9 Å². The SMILES string of the molecule is Fc1ccc([C@H]2Cc3cc(F)ccc3N2)cc1. The molecule has 17 heavy (non-hydrogen) atoms. The summed E-state index contributed by atoms with van der Waals surface area (Å²) in [6.07, 6.45) is 0.735. The lowest BCUT2D eigenvalue weighted by Crippen LogP contribution is -2.05. The zero-order valence-corrected chi connectivity index (χ0v) is 9.08. The van der Waals surface area contributed by atoms with Gasteiger partial charge in [0.25, 0.3) is 0 Å². The monoisotopic (exact) mass is 231 g/mol. The fourth-order valence-electron chi connectivity index (χ4n) is 2.23. The lowest BCUT2D eigenvalue weighted by atomic mass is 10.0. The number of hydrogen-bond donors (Lipinski definition) is 1. The van der Waals surface area contributed by atoms with Crippen molar-refractivity contribution < 1.29 is 8.78 Å². The summed E-state index contributed by atoms with van der Waals surface area (Å²) >= 11 is 0. The third-order valence-corrected chi connectivity index (χ3v) is 3.09. The minimum Gasteiger partial charge on any atom is -0.378 e. The first-order chi connectivity index (χ1) is 8.22. The van der Waals surface area contributed by atoms with Crippen molar-refractivity contribution in [3.05, 3.63) is 65.2 Å². The molecule has 0 saturated heterocycles. The largest absolute Gasteiger partial charge is 0.378 e. The van der Waals surface area contributed by atoms with E-state index in [0.717, 1.165) is 23.2 Å². The van der Waals surface area contributed by atoms with Gasteiger partial charge in [0.1, 0.15) is 11.6 Å². The Morgan fingerprint density at radius 2 is 1.65 bits per heavy atom. The molecular weight excluding hydrogens is 220 g/mol. The number of benzene rings is 2. The molecule has 1 heterocycles. The molecule has 2 aromatic rings. The standard InChI is InChI=1S/C14H11F2N/c15-11-3-1-9(2-4-11)14-8-10-7-12(16)5-6-13(10)17-14/h1-7,14,17H,8H2/t14-/m1/s1. The molecule has 1 nitrogen and oxygen atoms in total. The average Bonchev–Trinajstić information content (AvgIpc) is 2.72. The van der Waals surface area contributed by atoms with Crippen molar-refractivity contribution in [2.24, 2.45) is 0 Å². The van der Waals surface area contributed by atoms with E-state index in [1.54, 1.807) is 24.3 Å². The Balaban J connectivity index is 1.88. The van der Waals surface area contributed by atoms with Gasteiger partial charge in [0.15, 0.2) is 0 Å². The van der Waals surface area contributed by atoms with Crippen LogP contribution in [0.15, 0.2) is 42.5 Å². The van der Waals surface area contributed by atoms with Gasteiger partial charge in [-0.3, -0.25) is 0 Å². The number of fused-ring (bicyclic) bond motifs is 1. The highest BCUT2D eigenvalue weighted by Gasteiger charge is 2.22. The summed E-state index contributed by atoms with van der Waals surface area (Å²) in [7, 11) is 0. The van der Waals surface area contributed by atoms with Crippen LogP contribution >= 0.6 is 0 Å². The summed E-state index contributed by atoms with van der Waals surface area (Å²) in [6, 6.07) is 11.2. The van der Waals surface area contributed by atoms with Crippen LogP contribution in [0.3, 0.4) is 0 Å². The fraction of sp³-hybridized carbons (Fsp3) is 0.143. The van der Waals surface area contributed by atoms with Gasteiger partial charge in [-0.25, -0.2) is 8.78 Å². The lowest BCUT2D eigenvalue weighted by molar-refractivity contribution is 0.625. The van der Waals surface area contributed by atoms with E-state index in [1.165, 1.54) is 18.2 Å². The second-order valence-electron chi connectivity index (χ2n) is 4.25. The summed E-state index contributed by atoms with van der Waals surface area (Å²) in [5.41, 5.74) is 2.95. The van der Waals surface area contributed by atoms with Crippen molar-refractivity contribution in [3.63, 3.8) is 0 Å². The molecule has 1 aliphatic rings. The molecule has 0 radical (unpaired) electrons. The molecule has 0 aliphatic carbocycles. The minimum absolute atomic E-state index is 0.104. The summed E-state index contributed by atoms with van der Waals surface area (Å²) in [5, 5.41) is 3.31. The highest BCUT2D eigenvalue weighted by molar-refractivity contribution is 5.58. The molecule has 0 bridgehead atoms. The second kappa shape index (κ2) is 3.84. The predicted molar refractivity (Wildman–Crippen MR) is 62.9 cm³/mol. The van der Waals surface area contributed by atoms with E-state index >= 15 is 0 Å². The molecule has 1 N–H and O–H groups in total. The predicted octanol–water partition coefficient (Wildman–Crippen LogP) is 3.67. The highest BCUT2D eigenvalue weighted by Crippen LogP contribution is 2.34. The van der Waals surface area contributed by atoms with E-state index in [4.69, 9.17) is 0 Å². The number of hydrogen-bond acceptors (Lipinski definition) is 1. The lowest BCUT2D eigenvalue weighted by Gasteiger charge is -2.11. The van der Waals surface area contributed by atoms with Crippen LogP contribution in [0.4, 0.5) is 14.5 Å². The van der Waals surface area contributed by atoms with E-state index in [-0.39, 0.29) is 17.7 Å². The minimum atomic E-state index is -0.240. The number of rotatable bonds is 1. The van der Waals surface area contributed by atoms with Gasteiger partial charge in [0.05, 0.1) is 6.04 Å². The molecule has 0 fully saturated rings. The van der Waals surface area contributed by atoms with Crippen LogP contribution in [0.1, 0.15) is 17.2 Å². The van der Waals surface area contributed by atoms with Crippen molar-refractivity contribution in [3.8, 4) is 0 Å². The van der Waals surface area contributed by atoms with Gasteiger partial charge in [0.2, 0.25) is 0 Å². The van der Waals surface area contributed by atoms with Crippen LogP contribution < -0.4 is 5.32 Å². The number of anilines is 1. The number of halogens is 2. The van der Waals surface area contributed by atoms with Gasteiger partial charge >= 0.3 is 0 Å². The van der Waals surface area contributed by atoms with E-state index < -0.39 is 0 Å². The Morgan fingerprint density at radius 3 is 2.41 bits per heavy atom. The zero-order chi connectivity index (χ0) is 11.8. The maximum atomic E-state index is 13.1. The molecule has 1 atom stereocenters. The van der Waals surface area contributed by atoms with Gasteiger partial charge in [0, 0.05) is 5.69 Å². The first kappa shape index (κ1) is 10.3. The topological polar surface area (TPSA) is 12.0 Å². The van der Waals surface area contributed by atoms with Crippen molar-refractivity contribution >= 4 is 5.69 Å². The van der Waals surface area contributed by atoms with Crippen molar-refractivity contribution in [2.45, 2.75) is 12.5 Å².